The molecule has 0 spiro atoms. The largest absolute Gasteiger partial charge is 0.476 e. The molecule has 5 atom stereocenters. The van der Waals surface area contributed by atoms with Crippen molar-refractivity contribution in [1.82, 2.24) is 25.4 Å². The van der Waals surface area contributed by atoms with Crippen molar-refractivity contribution in [1.29, 1.82) is 0 Å². The Morgan fingerprint density at radius 1 is 0.910 bits per heavy atom. The average Bonchev–Trinajstić information content (AvgIpc) is 3.95. The molecule has 1 aromatic heterocycles. The van der Waals surface area contributed by atoms with Gasteiger partial charge in [0.25, 0.3) is 0 Å². The summed E-state index contributed by atoms with van der Waals surface area (Å²) in [5.41, 5.74) is 4.55. The van der Waals surface area contributed by atoms with Crippen molar-refractivity contribution < 1.29 is 48.0 Å². The molecule has 1 aliphatic carbocycles. The molecule has 16 heteroatoms. The molecule has 3 aromatic rings. The summed E-state index contributed by atoms with van der Waals surface area (Å²) >= 11 is 1.11. The number of nitrogens with one attached hydrogen (secondary N) is 2. The standard InChI is InChI=1S/C51H73N5O10S/c1-7-9-10-16-25-56(44(34(3)4)31-45(66-36(6)57)48-53-42(33-67-48)50(60)61)49(59)46(35(5)8-2)54-47(58)43-22-15-17-24-55(43)26-28-64-30-29-63-27-23-52-51(62)65-32-41-39-20-13-11-18-37(39)38-19-12-14-21-40(38)41/h11-14,18-21,33-35,41,43-46H,7-10,15-17,22-32H2,1-6H3,(H,52,62)(H,54,58)(H,60,61)/t35?,43-,44?,45?,46?/m1/s1. The molecule has 0 bridgehead atoms. The van der Waals surface area contributed by atoms with Crippen molar-refractivity contribution >= 4 is 41.2 Å². The van der Waals surface area contributed by atoms with Gasteiger partial charge in [0, 0.05) is 50.3 Å². The summed E-state index contributed by atoms with van der Waals surface area (Å²) in [6, 6.07) is 14.8. The van der Waals surface area contributed by atoms with Crippen molar-refractivity contribution in [3.05, 3.63) is 75.7 Å². The van der Waals surface area contributed by atoms with Crippen LogP contribution >= 0.6 is 11.3 Å². The second kappa shape index (κ2) is 27.2. The summed E-state index contributed by atoms with van der Waals surface area (Å²) in [5, 5.41) is 17.3. The van der Waals surface area contributed by atoms with Crippen LogP contribution in [0.4, 0.5) is 4.79 Å². The molecule has 1 aliphatic heterocycles. The zero-order chi connectivity index (χ0) is 48.3. The number of benzene rings is 2. The van der Waals surface area contributed by atoms with Crippen molar-refractivity contribution in [2.24, 2.45) is 11.8 Å². The van der Waals surface area contributed by atoms with E-state index in [9.17, 15) is 29.1 Å². The van der Waals surface area contributed by atoms with Crippen molar-refractivity contribution in [2.45, 2.75) is 129 Å². The maximum atomic E-state index is 15.0. The zero-order valence-electron chi connectivity index (χ0n) is 40.3. The van der Waals surface area contributed by atoms with E-state index in [4.69, 9.17) is 18.9 Å². The summed E-state index contributed by atoms with van der Waals surface area (Å²) in [4.78, 5) is 74.0. The highest BCUT2D eigenvalue weighted by atomic mass is 32.1. The molecule has 4 unspecified atom stereocenters. The van der Waals surface area contributed by atoms with Crippen LogP contribution in [0.1, 0.15) is 138 Å². The highest BCUT2D eigenvalue weighted by Gasteiger charge is 2.39. The quantitative estimate of drug-likeness (QED) is 0.0469. The Labute approximate surface area is 400 Å². The lowest BCUT2D eigenvalue weighted by Gasteiger charge is -2.40. The van der Waals surface area contributed by atoms with Gasteiger partial charge in [0.15, 0.2) is 11.8 Å². The molecule has 5 rings (SSSR count). The number of thiazole rings is 1. The number of fused-ring (bicyclic) bond motifs is 3. The number of rotatable bonds is 28. The molecular weight excluding hydrogens is 875 g/mol. The number of ether oxygens (including phenoxy) is 4. The van der Waals surface area contributed by atoms with Gasteiger partial charge >= 0.3 is 18.0 Å². The minimum Gasteiger partial charge on any atom is -0.476 e. The third kappa shape index (κ3) is 15.3. The fourth-order valence-corrected chi connectivity index (χ4v) is 9.94. The fourth-order valence-electron chi connectivity index (χ4n) is 9.11. The van der Waals surface area contributed by atoms with Crippen LogP contribution in [0.5, 0.6) is 0 Å². The Morgan fingerprint density at radius 2 is 1.60 bits per heavy atom. The first kappa shape index (κ1) is 53.1. The van der Waals surface area contributed by atoms with Gasteiger partial charge in [0.1, 0.15) is 17.7 Å². The number of hydrogen-bond donors (Lipinski definition) is 3. The Morgan fingerprint density at radius 3 is 2.22 bits per heavy atom. The van der Waals surface area contributed by atoms with Crippen molar-refractivity contribution in [3.63, 3.8) is 0 Å². The first-order valence-corrected chi connectivity index (χ1v) is 25.2. The second-order valence-corrected chi connectivity index (χ2v) is 18.9. The third-order valence-corrected chi connectivity index (χ3v) is 13.9. The molecule has 3 amide bonds. The zero-order valence-corrected chi connectivity index (χ0v) is 41.2. The summed E-state index contributed by atoms with van der Waals surface area (Å²) in [7, 11) is 0. The minimum absolute atomic E-state index is 0.00738. The van der Waals surface area contributed by atoms with Gasteiger partial charge in [0.05, 0.1) is 32.5 Å². The number of alkyl carbamates (subject to hydrolysis) is 1. The molecule has 15 nitrogen and oxygen atoms in total. The molecule has 67 heavy (non-hydrogen) atoms. The van der Waals surface area contributed by atoms with Gasteiger partial charge < -0.3 is 39.6 Å². The molecule has 3 N–H and O–H groups in total. The number of aromatic nitrogens is 1. The predicted molar refractivity (Wildman–Crippen MR) is 258 cm³/mol. The number of carboxylic acids is 1. The van der Waals surface area contributed by atoms with E-state index >= 15 is 0 Å². The fraction of sp³-hybridized carbons (Fsp3) is 0.608. The maximum Gasteiger partial charge on any atom is 0.407 e. The molecule has 1 fully saturated rings. The van der Waals surface area contributed by atoms with E-state index in [2.05, 4.69) is 51.7 Å². The van der Waals surface area contributed by atoms with Crippen LogP contribution in [-0.2, 0) is 33.3 Å². The number of carbonyl (C=O) groups is 5. The van der Waals surface area contributed by atoms with Crippen LogP contribution < -0.4 is 10.6 Å². The molecule has 368 valence electrons. The molecule has 0 radical (unpaired) electrons. The van der Waals surface area contributed by atoms with E-state index in [1.807, 2.05) is 56.9 Å². The Bertz CT molecular complexity index is 2020. The molecule has 2 aromatic carbocycles. The van der Waals surface area contributed by atoms with Crippen LogP contribution in [-0.4, -0.2) is 127 Å². The lowest BCUT2D eigenvalue weighted by atomic mass is 9.91. The van der Waals surface area contributed by atoms with Gasteiger partial charge in [-0.05, 0) is 59.9 Å². The van der Waals surface area contributed by atoms with E-state index in [0.717, 1.165) is 67.5 Å². The summed E-state index contributed by atoms with van der Waals surface area (Å²) in [5.74, 6) is -2.30. The Kier molecular flexibility index (Phi) is 21.5. The second-order valence-electron chi connectivity index (χ2n) is 18.0. The van der Waals surface area contributed by atoms with Gasteiger partial charge in [0.2, 0.25) is 11.8 Å². The monoisotopic (exact) mass is 948 g/mol. The minimum atomic E-state index is -1.17. The molecule has 2 heterocycles. The SMILES string of the molecule is CCCCCCN(C(=O)C(NC(=O)[C@H]1CCCCN1CCOCCOCCNC(=O)OCC1c2ccccc2-c2ccccc21)C(C)CC)C(CC(OC(C)=O)c1nc(C(=O)O)cs1)C(C)C. The number of carbonyl (C=O) groups excluding carboxylic acids is 4. The number of unbranched alkanes of at least 4 members (excludes halogenated alkanes) is 3. The number of likely N-dealkylation sites (tertiary alicyclic amines) is 1. The molecular formula is C51H73N5O10S. The smallest absolute Gasteiger partial charge is 0.407 e. The number of nitrogens with zero attached hydrogens (tertiary/aromatic N) is 3. The lowest BCUT2D eigenvalue weighted by molar-refractivity contribution is -0.149. The van der Waals surface area contributed by atoms with Crippen molar-refractivity contribution in [3.8, 4) is 11.1 Å². The number of esters is 1. The van der Waals surface area contributed by atoms with Crippen LogP contribution in [0, 0.1) is 11.8 Å². The maximum absolute atomic E-state index is 15.0. The summed E-state index contributed by atoms with van der Waals surface area (Å²) < 4.78 is 23.0. The van der Waals surface area contributed by atoms with Gasteiger partial charge in [-0.2, -0.15) is 0 Å². The highest BCUT2D eigenvalue weighted by Crippen LogP contribution is 2.44. The highest BCUT2D eigenvalue weighted by molar-refractivity contribution is 7.09. The number of amides is 3. The molecule has 0 saturated carbocycles. The molecule has 2 aliphatic rings. The van der Waals surface area contributed by atoms with Crippen molar-refractivity contribution in [2.75, 3.05) is 59.2 Å². The van der Waals surface area contributed by atoms with E-state index in [0.29, 0.717) is 63.9 Å². The van der Waals surface area contributed by atoms with E-state index in [1.54, 1.807) is 0 Å². The Hall–Kier alpha value is -4.90. The topological polar surface area (TPSA) is 186 Å². The third-order valence-electron chi connectivity index (χ3n) is 12.9. The van der Waals surface area contributed by atoms with Crippen LogP contribution in [0.25, 0.3) is 11.1 Å². The molecule has 1 saturated heterocycles. The summed E-state index contributed by atoms with van der Waals surface area (Å²) in [6.07, 6.45) is 5.80. The number of hydrogen-bond acceptors (Lipinski definition) is 12. The average molecular weight is 948 g/mol. The Balaban J connectivity index is 1.10. The van der Waals surface area contributed by atoms with Gasteiger partial charge in [-0.3, -0.25) is 19.3 Å². The first-order chi connectivity index (χ1) is 32.3. The lowest BCUT2D eigenvalue weighted by Crippen LogP contribution is -2.59. The van der Waals surface area contributed by atoms with Crippen LogP contribution in [0.15, 0.2) is 53.9 Å². The first-order valence-electron chi connectivity index (χ1n) is 24.3. The van der Waals surface area contributed by atoms with Gasteiger partial charge in [-0.15, -0.1) is 11.3 Å². The van der Waals surface area contributed by atoms with E-state index < -0.39 is 42.3 Å². The van der Waals surface area contributed by atoms with E-state index in [1.165, 1.54) is 23.4 Å². The number of piperidine rings is 1. The number of carboxylic acid groups (broad SMARTS) is 1. The predicted octanol–water partition coefficient (Wildman–Crippen LogP) is 8.23. The van der Waals surface area contributed by atoms with Gasteiger partial charge in [-0.1, -0.05) is 115 Å². The normalized spacial score (nSPS) is 16.6. The summed E-state index contributed by atoms with van der Waals surface area (Å²) in [6.45, 7) is 15.2. The number of aromatic carboxylic acids is 1. The van der Waals surface area contributed by atoms with Crippen LogP contribution in [0.2, 0.25) is 0 Å². The van der Waals surface area contributed by atoms with Crippen LogP contribution in [0.3, 0.4) is 0 Å². The van der Waals surface area contributed by atoms with E-state index in [-0.39, 0.29) is 48.3 Å². The van der Waals surface area contributed by atoms with Gasteiger partial charge in [-0.25, -0.2) is 14.6 Å².